The van der Waals surface area contributed by atoms with E-state index in [1.807, 2.05) is 26.8 Å². The van der Waals surface area contributed by atoms with Crippen molar-refractivity contribution in [1.82, 2.24) is 9.62 Å². The van der Waals surface area contributed by atoms with Gasteiger partial charge < -0.3 is 5.32 Å². The van der Waals surface area contributed by atoms with Crippen LogP contribution in [0.25, 0.3) is 0 Å². The van der Waals surface area contributed by atoms with Crippen LogP contribution in [0.5, 0.6) is 0 Å². The summed E-state index contributed by atoms with van der Waals surface area (Å²) in [7, 11) is -3.14. The van der Waals surface area contributed by atoms with Gasteiger partial charge in [-0.05, 0) is 43.4 Å². The lowest BCUT2D eigenvalue weighted by Crippen LogP contribution is -2.46. The van der Waals surface area contributed by atoms with Gasteiger partial charge in [-0.1, -0.05) is 26.0 Å². The van der Waals surface area contributed by atoms with Crippen LogP contribution in [-0.2, 0) is 10.0 Å². The summed E-state index contributed by atoms with van der Waals surface area (Å²) in [5, 5.41) is 3.49. The van der Waals surface area contributed by atoms with E-state index in [4.69, 9.17) is 0 Å². The van der Waals surface area contributed by atoms with Gasteiger partial charge in [0.2, 0.25) is 10.0 Å². The SMILES string of the molecule is CC(C)CS(=O)(=O)N1CCC(N[C@@H](C)c2cccc(F)c2)CC1. The molecule has 6 heteroatoms. The molecule has 0 aromatic heterocycles. The Bertz CT molecular complexity index is 611. The summed E-state index contributed by atoms with van der Waals surface area (Å²) in [6, 6.07) is 6.91. The van der Waals surface area contributed by atoms with Crippen LogP contribution in [0.1, 0.15) is 45.2 Å². The van der Waals surface area contributed by atoms with Gasteiger partial charge in [0.1, 0.15) is 5.82 Å². The largest absolute Gasteiger partial charge is 0.307 e. The van der Waals surface area contributed by atoms with E-state index in [0.29, 0.717) is 13.1 Å². The van der Waals surface area contributed by atoms with Crippen molar-refractivity contribution in [1.29, 1.82) is 0 Å². The van der Waals surface area contributed by atoms with Crippen LogP contribution in [0.3, 0.4) is 0 Å². The van der Waals surface area contributed by atoms with Crippen molar-refractivity contribution in [2.45, 2.75) is 45.7 Å². The number of nitrogens with zero attached hydrogens (tertiary/aromatic N) is 1. The summed E-state index contributed by atoms with van der Waals surface area (Å²) in [6.45, 7) is 6.97. The molecule has 2 rings (SSSR count). The Kier molecular flexibility index (Phi) is 6.17. The Balaban J connectivity index is 1.87. The Morgan fingerprint density at radius 3 is 2.48 bits per heavy atom. The molecule has 1 fully saturated rings. The van der Waals surface area contributed by atoms with E-state index in [9.17, 15) is 12.8 Å². The topological polar surface area (TPSA) is 49.4 Å². The van der Waals surface area contributed by atoms with Crippen LogP contribution in [-0.4, -0.2) is 37.6 Å². The maximum atomic E-state index is 13.3. The maximum Gasteiger partial charge on any atom is 0.214 e. The van der Waals surface area contributed by atoms with Crippen LogP contribution in [0.4, 0.5) is 4.39 Å². The number of benzene rings is 1. The molecule has 23 heavy (non-hydrogen) atoms. The van der Waals surface area contributed by atoms with Crippen molar-refractivity contribution in [3.05, 3.63) is 35.6 Å². The number of sulfonamides is 1. The summed E-state index contributed by atoms with van der Waals surface area (Å²) < 4.78 is 39.4. The molecular weight excluding hydrogens is 315 g/mol. The zero-order valence-electron chi connectivity index (χ0n) is 14.1. The third kappa shape index (κ3) is 5.26. The molecule has 0 amide bonds. The molecule has 1 N–H and O–H groups in total. The number of nitrogens with one attached hydrogen (secondary N) is 1. The first-order valence-electron chi connectivity index (χ1n) is 8.27. The number of hydrogen-bond donors (Lipinski definition) is 1. The molecule has 0 aliphatic carbocycles. The van der Waals surface area contributed by atoms with Crippen molar-refractivity contribution in [2.24, 2.45) is 5.92 Å². The van der Waals surface area contributed by atoms with Crippen molar-refractivity contribution in [3.8, 4) is 0 Å². The summed E-state index contributed by atoms with van der Waals surface area (Å²) in [4.78, 5) is 0. The molecule has 130 valence electrons. The first kappa shape index (κ1) is 18.4. The number of piperidine rings is 1. The molecule has 1 aliphatic heterocycles. The summed E-state index contributed by atoms with van der Waals surface area (Å²) in [6.07, 6.45) is 1.58. The van der Waals surface area contributed by atoms with E-state index in [2.05, 4.69) is 5.32 Å². The van der Waals surface area contributed by atoms with Crippen LogP contribution in [0, 0.1) is 11.7 Å². The van der Waals surface area contributed by atoms with Gasteiger partial charge in [0.05, 0.1) is 5.75 Å². The van der Waals surface area contributed by atoms with E-state index >= 15 is 0 Å². The van der Waals surface area contributed by atoms with Gasteiger partial charge >= 0.3 is 0 Å². The molecule has 1 aliphatic rings. The predicted octanol–water partition coefficient (Wildman–Crippen LogP) is 2.93. The predicted molar refractivity (Wildman–Crippen MR) is 91.2 cm³/mol. The lowest BCUT2D eigenvalue weighted by molar-refractivity contribution is 0.276. The normalized spacial score (nSPS) is 19.2. The third-order valence-corrected chi connectivity index (χ3v) is 6.47. The maximum absolute atomic E-state index is 13.3. The monoisotopic (exact) mass is 342 g/mol. The van der Waals surface area contributed by atoms with Crippen LogP contribution >= 0.6 is 0 Å². The zero-order chi connectivity index (χ0) is 17.0. The molecule has 0 saturated carbocycles. The molecule has 0 radical (unpaired) electrons. The summed E-state index contributed by atoms with van der Waals surface area (Å²) in [5.41, 5.74) is 0.917. The lowest BCUT2D eigenvalue weighted by Gasteiger charge is -2.33. The van der Waals surface area contributed by atoms with Crippen LogP contribution in [0.2, 0.25) is 0 Å². The van der Waals surface area contributed by atoms with Gasteiger partial charge in [0, 0.05) is 25.2 Å². The van der Waals surface area contributed by atoms with E-state index in [0.717, 1.165) is 18.4 Å². The first-order valence-corrected chi connectivity index (χ1v) is 9.88. The summed E-state index contributed by atoms with van der Waals surface area (Å²) >= 11 is 0. The highest BCUT2D eigenvalue weighted by atomic mass is 32.2. The van der Waals surface area contributed by atoms with E-state index in [1.54, 1.807) is 16.4 Å². The molecule has 1 aromatic carbocycles. The minimum absolute atomic E-state index is 0.0505. The van der Waals surface area contributed by atoms with Crippen molar-refractivity contribution in [3.63, 3.8) is 0 Å². The fourth-order valence-electron chi connectivity index (χ4n) is 3.05. The van der Waals surface area contributed by atoms with Crippen molar-refractivity contribution >= 4 is 10.0 Å². The van der Waals surface area contributed by atoms with Gasteiger partial charge in [-0.25, -0.2) is 17.1 Å². The van der Waals surface area contributed by atoms with E-state index in [1.165, 1.54) is 6.07 Å². The van der Waals surface area contributed by atoms with E-state index in [-0.39, 0.29) is 29.6 Å². The third-order valence-electron chi connectivity index (χ3n) is 4.23. The minimum atomic E-state index is -3.14. The number of halogens is 1. The standard InChI is InChI=1S/C17H27FN2O2S/c1-13(2)12-23(21,22)20-9-7-17(8-10-20)19-14(3)15-5-4-6-16(18)11-15/h4-6,11,13-14,17,19H,7-10,12H2,1-3H3/t14-/m0/s1. The molecule has 1 saturated heterocycles. The highest BCUT2D eigenvalue weighted by molar-refractivity contribution is 7.89. The van der Waals surface area contributed by atoms with Gasteiger partial charge in [0.15, 0.2) is 0 Å². The Morgan fingerprint density at radius 2 is 1.91 bits per heavy atom. The molecule has 1 heterocycles. The number of hydrogen-bond acceptors (Lipinski definition) is 3. The first-order chi connectivity index (χ1) is 10.8. The fraction of sp³-hybridized carbons (Fsp3) is 0.647. The second-order valence-corrected chi connectivity index (χ2v) is 8.80. The summed E-state index contributed by atoms with van der Waals surface area (Å²) in [5.74, 6) is 0.125. The second kappa shape index (κ2) is 7.73. The van der Waals surface area contributed by atoms with Crippen molar-refractivity contribution in [2.75, 3.05) is 18.8 Å². The highest BCUT2D eigenvalue weighted by Gasteiger charge is 2.28. The van der Waals surface area contributed by atoms with Gasteiger partial charge in [-0.3, -0.25) is 0 Å². The Morgan fingerprint density at radius 1 is 1.26 bits per heavy atom. The number of rotatable bonds is 6. The molecule has 1 atom stereocenters. The Labute approximate surface area is 139 Å². The van der Waals surface area contributed by atoms with Crippen molar-refractivity contribution < 1.29 is 12.8 Å². The zero-order valence-corrected chi connectivity index (χ0v) is 14.9. The Hall–Kier alpha value is -0.980. The highest BCUT2D eigenvalue weighted by Crippen LogP contribution is 2.20. The van der Waals surface area contributed by atoms with Crippen LogP contribution < -0.4 is 5.32 Å². The lowest BCUT2D eigenvalue weighted by atomic mass is 10.0. The molecule has 0 unspecified atom stereocenters. The van der Waals surface area contributed by atoms with Gasteiger partial charge in [-0.2, -0.15) is 0 Å². The molecule has 0 bridgehead atoms. The average Bonchev–Trinajstić information content (AvgIpc) is 2.46. The second-order valence-electron chi connectivity index (χ2n) is 6.79. The van der Waals surface area contributed by atoms with E-state index < -0.39 is 10.0 Å². The van der Waals surface area contributed by atoms with Crippen LogP contribution in [0.15, 0.2) is 24.3 Å². The molecule has 0 spiro atoms. The molecule has 4 nitrogen and oxygen atoms in total. The smallest absolute Gasteiger partial charge is 0.214 e. The van der Waals surface area contributed by atoms with Gasteiger partial charge in [-0.15, -0.1) is 0 Å². The molecular formula is C17H27FN2O2S. The van der Waals surface area contributed by atoms with Gasteiger partial charge in [0.25, 0.3) is 0 Å². The fourth-order valence-corrected chi connectivity index (χ4v) is 4.87. The quantitative estimate of drug-likeness (QED) is 0.865. The molecule has 1 aromatic rings. The minimum Gasteiger partial charge on any atom is -0.307 e. The average molecular weight is 342 g/mol.